The van der Waals surface area contributed by atoms with Crippen molar-refractivity contribution in [1.82, 2.24) is 31.1 Å². The second-order valence-corrected chi connectivity index (χ2v) is 14.5. The molecule has 2 aliphatic rings. The highest BCUT2D eigenvalue weighted by Gasteiger charge is 2.27. The van der Waals surface area contributed by atoms with Gasteiger partial charge < -0.3 is 60.2 Å². The van der Waals surface area contributed by atoms with Crippen LogP contribution >= 0.6 is 0 Å². The Balaban J connectivity index is 0.000000500. The predicted molar refractivity (Wildman–Crippen MR) is 189 cm³/mol. The molecule has 0 aromatic rings. The lowest BCUT2D eigenvalue weighted by atomic mass is 10.0. The zero-order valence-corrected chi connectivity index (χ0v) is 31.7. The number of nitrogens with one attached hydrogen (secondary N) is 4. The van der Waals surface area contributed by atoms with Gasteiger partial charge in [-0.2, -0.15) is 0 Å². The molecule has 16 nitrogen and oxygen atoms in total. The Bertz CT molecular complexity index is 916. The summed E-state index contributed by atoms with van der Waals surface area (Å²) >= 11 is 0. The summed E-state index contributed by atoms with van der Waals surface area (Å²) < 4.78 is 20.9. The van der Waals surface area contributed by atoms with Crippen molar-refractivity contribution >= 4 is 24.2 Å². The molecule has 0 bridgehead atoms. The highest BCUT2D eigenvalue weighted by molar-refractivity contribution is 5.75. The van der Waals surface area contributed by atoms with E-state index in [2.05, 4.69) is 21.3 Å². The first kappa shape index (κ1) is 44.9. The van der Waals surface area contributed by atoms with Crippen LogP contribution in [0.1, 0.15) is 93.9 Å². The summed E-state index contributed by atoms with van der Waals surface area (Å²) in [5.41, 5.74) is -1.20. The van der Waals surface area contributed by atoms with Crippen LogP contribution in [-0.2, 0) is 18.9 Å². The number of unbranched alkanes of at least 4 members (excludes halogenated alkanes) is 2. The van der Waals surface area contributed by atoms with Crippen LogP contribution in [0.3, 0.4) is 0 Å². The minimum absolute atomic E-state index is 0.0698. The first-order valence-corrected chi connectivity index (χ1v) is 18.0. The molecule has 0 spiro atoms. The summed E-state index contributed by atoms with van der Waals surface area (Å²) in [5.74, 6) is 0. The summed E-state index contributed by atoms with van der Waals surface area (Å²) in [6.45, 7) is 19.2. The van der Waals surface area contributed by atoms with Crippen LogP contribution in [0.2, 0.25) is 0 Å². The molecular formula is C34H66N6O10. The van der Waals surface area contributed by atoms with E-state index in [9.17, 15) is 29.4 Å². The van der Waals surface area contributed by atoms with Gasteiger partial charge in [0.15, 0.2) is 0 Å². The largest absolute Gasteiger partial charge is 0.444 e. The van der Waals surface area contributed by atoms with E-state index >= 15 is 0 Å². The summed E-state index contributed by atoms with van der Waals surface area (Å²) in [6.07, 6.45) is 1.93. The van der Waals surface area contributed by atoms with Gasteiger partial charge in [0.05, 0.1) is 50.7 Å². The monoisotopic (exact) mass is 718 g/mol. The molecule has 2 saturated heterocycles. The van der Waals surface area contributed by atoms with Gasteiger partial charge in [-0.3, -0.25) is 0 Å². The zero-order chi connectivity index (χ0) is 37.7. The lowest BCUT2D eigenvalue weighted by molar-refractivity contribution is 0.0394. The molecule has 16 heteroatoms. The summed E-state index contributed by atoms with van der Waals surface area (Å²) in [4.78, 5) is 51.4. The van der Waals surface area contributed by atoms with E-state index in [1.54, 1.807) is 51.3 Å². The fourth-order valence-corrected chi connectivity index (χ4v) is 4.91. The highest BCUT2D eigenvalue weighted by Crippen LogP contribution is 2.12. The summed E-state index contributed by atoms with van der Waals surface area (Å²) in [5, 5.41) is 31.7. The second-order valence-electron chi connectivity index (χ2n) is 14.5. The van der Waals surface area contributed by atoms with Gasteiger partial charge in [0.2, 0.25) is 0 Å². The van der Waals surface area contributed by atoms with E-state index in [0.717, 1.165) is 25.7 Å². The predicted octanol–water partition coefficient (Wildman–Crippen LogP) is 2.95. The van der Waals surface area contributed by atoms with Crippen molar-refractivity contribution in [3.63, 3.8) is 0 Å². The van der Waals surface area contributed by atoms with Gasteiger partial charge in [-0.15, -0.1) is 0 Å². The van der Waals surface area contributed by atoms with Crippen LogP contribution in [-0.4, -0.2) is 145 Å². The Morgan fingerprint density at radius 3 is 1.24 bits per heavy atom. The van der Waals surface area contributed by atoms with Gasteiger partial charge in [-0.25, -0.2) is 19.2 Å². The molecule has 6 N–H and O–H groups in total. The van der Waals surface area contributed by atoms with E-state index in [-0.39, 0.29) is 25.2 Å². The maximum atomic E-state index is 12.1. The number of aliphatic hydroxyl groups excluding tert-OH is 2. The maximum absolute atomic E-state index is 12.1. The number of rotatable bonds is 14. The maximum Gasteiger partial charge on any atom is 0.407 e. The van der Waals surface area contributed by atoms with Crippen molar-refractivity contribution in [2.45, 2.75) is 129 Å². The van der Waals surface area contributed by atoms with Gasteiger partial charge >= 0.3 is 24.2 Å². The second kappa shape index (κ2) is 23.4. The standard InChI is InChI=1S/2C17H33N3O5/c2*1-5-6-7-13(19-16(23)25-17(2,3)4)14(21)12-18-15(22)20-8-10-24-11-9-20/h2*13-14,21H,5-12H2,1-4H3,(H,18,22)(H,19,23)/t13-,14+;13-,14-/m00/s1. The first-order chi connectivity index (χ1) is 23.5. The minimum atomic E-state index is -0.885. The minimum Gasteiger partial charge on any atom is -0.444 e. The van der Waals surface area contributed by atoms with Crippen molar-refractivity contribution in [3.05, 3.63) is 0 Å². The van der Waals surface area contributed by atoms with Gasteiger partial charge in [0.25, 0.3) is 0 Å². The zero-order valence-electron chi connectivity index (χ0n) is 31.7. The number of aliphatic hydroxyl groups is 2. The van der Waals surface area contributed by atoms with Crippen LogP contribution < -0.4 is 21.3 Å². The lowest BCUT2D eigenvalue weighted by Crippen LogP contribution is -2.52. The van der Waals surface area contributed by atoms with Gasteiger partial charge in [-0.05, 0) is 54.4 Å². The van der Waals surface area contributed by atoms with E-state index in [1.165, 1.54) is 0 Å². The SMILES string of the molecule is CCCC[C@H](NC(=O)OC(C)(C)C)[C@@H](O)CNC(=O)N1CCOCC1.CCCC[C@H](NC(=O)OC(C)(C)C)[C@H](O)CNC(=O)N1CCOCC1. The number of urea groups is 2. The number of amides is 6. The number of hydrogen-bond acceptors (Lipinski definition) is 10. The highest BCUT2D eigenvalue weighted by atomic mass is 16.6. The van der Waals surface area contributed by atoms with Gasteiger partial charge in [-0.1, -0.05) is 39.5 Å². The molecule has 292 valence electrons. The summed E-state index contributed by atoms with van der Waals surface area (Å²) in [7, 11) is 0. The fraction of sp³-hybridized carbons (Fsp3) is 0.882. The molecule has 50 heavy (non-hydrogen) atoms. The third kappa shape index (κ3) is 20.6. The number of alkyl carbamates (subject to hydrolysis) is 2. The van der Waals surface area contributed by atoms with Crippen LogP contribution in [0.25, 0.3) is 0 Å². The number of carbonyl (C=O) groups is 4. The van der Waals surface area contributed by atoms with Gasteiger partial charge in [0.1, 0.15) is 11.2 Å². The molecule has 4 atom stereocenters. The number of ether oxygens (including phenoxy) is 4. The average Bonchev–Trinajstić information content (AvgIpc) is 3.05. The van der Waals surface area contributed by atoms with E-state index in [0.29, 0.717) is 65.4 Å². The summed E-state index contributed by atoms with van der Waals surface area (Å²) in [6, 6.07) is -1.40. The molecule has 0 aromatic heterocycles. The quantitative estimate of drug-likeness (QED) is 0.155. The number of carbonyl (C=O) groups excluding carboxylic acids is 4. The van der Waals surface area contributed by atoms with Crippen LogP contribution in [0.4, 0.5) is 19.2 Å². The third-order valence-electron chi connectivity index (χ3n) is 7.59. The van der Waals surface area contributed by atoms with Crippen molar-refractivity contribution in [1.29, 1.82) is 0 Å². The molecule has 0 unspecified atom stereocenters. The Hall–Kier alpha value is -3.08. The molecule has 0 saturated carbocycles. The fourth-order valence-electron chi connectivity index (χ4n) is 4.91. The molecule has 0 radical (unpaired) electrons. The molecule has 2 heterocycles. The molecule has 0 aromatic carbocycles. The molecule has 2 aliphatic heterocycles. The average molecular weight is 719 g/mol. The Kier molecular flexibility index (Phi) is 21.0. The Morgan fingerprint density at radius 2 is 0.960 bits per heavy atom. The Labute approximate surface area is 298 Å². The van der Waals surface area contributed by atoms with E-state index in [4.69, 9.17) is 18.9 Å². The Morgan fingerprint density at radius 1 is 0.640 bits per heavy atom. The molecule has 2 rings (SSSR count). The number of morpholine rings is 2. The first-order valence-electron chi connectivity index (χ1n) is 18.0. The van der Waals surface area contributed by atoms with Gasteiger partial charge in [0, 0.05) is 39.3 Å². The normalized spacial score (nSPS) is 17.6. The molecule has 2 fully saturated rings. The topological polar surface area (TPSA) is 200 Å². The van der Waals surface area contributed by atoms with Crippen LogP contribution in [0.15, 0.2) is 0 Å². The lowest BCUT2D eigenvalue weighted by Gasteiger charge is -2.29. The van der Waals surface area contributed by atoms with Crippen molar-refractivity contribution < 1.29 is 48.3 Å². The van der Waals surface area contributed by atoms with E-state index in [1.807, 2.05) is 13.8 Å². The number of hydrogen-bond donors (Lipinski definition) is 6. The smallest absolute Gasteiger partial charge is 0.407 e. The molecular weight excluding hydrogens is 652 g/mol. The van der Waals surface area contributed by atoms with E-state index < -0.39 is 47.7 Å². The van der Waals surface area contributed by atoms with Crippen molar-refractivity contribution in [2.24, 2.45) is 0 Å². The van der Waals surface area contributed by atoms with Crippen molar-refractivity contribution in [2.75, 3.05) is 65.7 Å². The van der Waals surface area contributed by atoms with Crippen LogP contribution in [0, 0.1) is 0 Å². The van der Waals surface area contributed by atoms with Crippen molar-refractivity contribution in [3.8, 4) is 0 Å². The molecule has 6 amide bonds. The number of nitrogens with zero attached hydrogens (tertiary/aromatic N) is 2. The molecule has 0 aliphatic carbocycles. The van der Waals surface area contributed by atoms with Crippen LogP contribution in [0.5, 0.6) is 0 Å². The third-order valence-corrected chi connectivity index (χ3v) is 7.59.